The maximum Gasteiger partial charge on any atom is 0.133 e. The van der Waals surface area contributed by atoms with Crippen LogP contribution in [-0.2, 0) is 6.42 Å². The van der Waals surface area contributed by atoms with Crippen LogP contribution in [0, 0.1) is 0 Å². The number of rotatable bonds is 3. The summed E-state index contributed by atoms with van der Waals surface area (Å²) in [6.07, 6.45) is 3.22. The average molecular weight is 322 g/mol. The van der Waals surface area contributed by atoms with Gasteiger partial charge >= 0.3 is 0 Å². The van der Waals surface area contributed by atoms with Crippen molar-refractivity contribution in [3.05, 3.63) is 47.3 Å². The predicted octanol–water partition coefficient (Wildman–Crippen LogP) is 3.68. The van der Waals surface area contributed by atoms with Crippen molar-refractivity contribution < 1.29 is 0 Å². The van der Waals surface area contributed by atoms with Gasteiger partial charge in [0, 0.05) is 25.1 Å². The quantitative estimate of drug-likeness (QED) is 0.856. The number of nitrogens with zero attached hydrogens (tertiary/aromatic N) is 3. The summed E-state index contributed by atoms with van der Waals surface area (Å²) in [5, 5.41) is 0.624. The molecule has 2 aliphatic rings. The van der Waals surface area contributed by atoms with Crippen LogP contribution in [0.5, 0.6) is 0 Å². The number of benzene rings is 1. The molecule has 1 aromatic carbocycles. The lowest BCUT2D eigenvalue weighted by atomic mass is 10.0. The highest BCUT2D eigenvalue weighted by molar-refractivity contribution is 7.77. The van der Waals surface area contributed by atoms with E-state index in [1.165, 1.54) is 18.4 Å². The number of halogens is 1. The molecule has 1 unspecified atom stereocenters. The summed E-state index contributed by atoms with van der Waals surface area (Å²) in [5.74, 6) is 1.13. The lowest BCUT2D eigenvalue weighted by molar-refractivity contribution is 0.293. The molecule has 2 heterocycles. The molecule has 2 aliphatic heterocycles. The van der Waals surface area contributed by atoms with Crippen LogP contribution in [0.4, 0.5) is 0 Å². The molecular weight excluding hydrogens is 302 g/mol. The Bertz CT molecular complexity index is 564. The van der Waals surface area contributed by atoms with Crippen molar-refractivity contribution in [3.8, 4) is 0 Å². The van der Waals surface area contributed by atoms with Gasteiger partial charge in [-0.25, -0.2) is 4.99 Å². The number of allylic oxidation sites excluding steroid dienone is 1. The normalized spacial score (nSPS) is 22.8. The maximum absolute atomic E-state index is 6.47. The number of thiol groups is 1. The Hall–Kier alpha value is -1.13. The zero-order valence-electron chi connectivity index (χ0n) is 12.2. The minimum absolute atomic E-state index is 0.0315. The molecule has 1 aromatic rings. The van der Waals surface area contributed by atoms with Crippen molar-refractivity contribution in [1.29, 1.82) is 0 Å². The van der Waals surface area contributed by atoms with E-state index in [1.807, 2.05) is 17.3 Å². The number of hydrogen-bond acceptors (Lipinski definition) is 4. The minimum atomic E-state index is -0.0315. The van der Waals surface area contributed by atoms with Gasteiger partial charge in [0.25, 0.3) is 0 Å². The molecule has 0 radical (unpaired) electrons. The monoisotopic (exact) mass is 321 g/mol. The molecule has 0 spiro atoms. The molecule has 0 saturated carbocycles. The first kappa shape index (κ1) is 14.8. The zero-order chi connectivity index (χ0) is 14.8. The highest BCUT2D eigenvalue weighted by atomic mass is 35.5. The summed E-state index contributed by atoms with van der Waals surface area (Å²) in [7, 11) is 0. The first-order chi connectivity index (χ1) is 10.2. The van der Waals surface area contributed by atoms with Crippen LogP contribution in [0.2, 0.25) is 0 Å². The van der Waals surface area contributed by atoms with E-state index >= 15 is 0 Å². The van der Waals surface area contributed by atoms with Crippen molar-refractivity contribution in [1.82, 2.24) is 9.21 Å². The Labute approximate surface area is 136 Å². The van der Waals surface area contributed by atoms with Crippen LogP contribution in [0.25, 0.3) is 0 Å². The summed E-state index contributed by atoms with van der Waals surface area (Å²) in [6.45, 7) is 4.16. The molecule has 1 fully saturated rings. The van der Waals surface area contributed by atoms with Crippen molar-refractivity contribution in [3.63, 3.8) is 0 Å². The highest BCUT2D eigenvalue weighted by Crippen LogP contribution is 2.32. The van der Waals surface area contributed by atoms with Crippen LogP contribution < -0.4 is 0 Å². The third-order valence-corrected chi connectivity index (χ3v) is 4.87. The van der Waals surface area contributed by atoms with Gasteiger partial charge in [-0.05, 0) is 25.3 Å². The summed E-state index contributed by atoms with van der Waals surface area (Å²) in [6, 6.07) is 10.4. The van der Waals surface area contributed by atoms with Gasteiger partial charge in [0.2, 0.25) is 0 Å². The Morgan fingerprint density at radius 1 is 1.24 bits per heavy atom. The van der Waals surface area contributed by atoms with E-state index in [1.54, 1.807) is 0 Å². The van der Waals surface area contributed by atoms with Crippen molar-refractivity contribution in [2.45, 2.75) is 32.4 Å². The molecule has 0 N–H and O–H groups in total. The summed E-state index contributed by atoms with van der Waals surface area (Å²) < 4.78 is 1.95. The lowest BCUT2D eigenvalue weighted by Crippen LogP contribution is -2.38. The largest absolute Gasteiger partial charge is 0.357 e. The zero-order valence-corrected chi connectivity index (χ0v) is 13.8. The third-order valence-electron chi connectivity index (χ3n) is 4.02. The lowest BCUT2D eigenvalue weighted by Gasteiger charge is -2.37. The van der Waals surface area contributed by atoms with Crippen LogP contribution in [0.3, 0.4) is 0 Å². The Morgan fingerprint density at radius 3 is 2.57 bits per heavy atom. The molecule has 5 heteroatoms. The molecule has 21 heavy (non-hydrogen) atoms. The smallest absolute Gasteiger partial charge is 0.133 e. The van der Waals surface area contributed by atoms with E-state index in [0.717, 1.165) is 30.9 Å². The van der Waals surface area contributed by atoms with E-state index in [0.29, 0.717) is 5.17 Å². The maximum atomic E-state index is 6.47. The number of hydrogen-bond donors (Lipinski definition) is 1. The molecule has 112 valence electrons. The van der Waals surface area contributed by atoms with Gasteiger partial charge < -0.3 is 4.90 Å². The van der Waals surface area contributed by atoms with E-state index < -0.39 is 0 Å². The van der Waals surface area contributed by atoms with Gasteiger partial charge in [-0.1, -0.05) is 54.7 Å². The molecule has 0 aliphatic carbocycles. The van der Waals surface area contributed by atoms with E-state index in [9.17, 15) is 0 Å². The molecule has 0 bridgehead atoms. The van der Waals surface area contributed by atoms with Crippen molar-refractivity contribution in [2.24, 2.45) is 4.99 Å². The first-order valence-electron chi connectivity index (χ1n) is 7.40. The van der Waals surface area contributed by atoms with Crippen LogP contribution in [0.1, 0.15) is 25.3 Å². The third kappa shape index (κ3) is 3.06. The first-order valence-corrected chi connectivity index (χ1v) is 8.18. The molecule has 0 amide bonds. The molecular formula is C16H20ClN3S. The second-order valence-corrected chi connectivity index (χ2v) is 6.34. The van der Waals surface area contributed by atoms with Crippen LogP contribution >= 0.6 is 24.4 Å². The van der Waals surface area contributed by atoms with E-state index in [-0.39, 0.29) is 6.17 Å². The van der Waals surface area contributed by atoms with Crippen LogP contribution in [-0.4, -0.2) is 33.6 Å². The molecule has 1 saturated heterocycles. The number of aliphatic imine (C=N–C) groups is 1. The number of likely N-dealkylation sites (tertiary alicyclic amines) is 1. The minimum Gasteiger partial charge on any atom is -0.357 e. The average Bonchev–Trinajstić information content (AvgIpc) is 3.00. The molecule has 3 rings (SSSR count). The molecule has 3 nitrogen and oxygen atoms in total. The van der Waals surface area contributed by atoms with Gasteiger partial charge in [-0.2, -0.15) is 0 Å². The predicted molar refractivity (Wildman–Crippen MR) is 91.6 cm³/mol. The fourth-order valence-corrected chi connectivity index (χ4v) is 3.51. The Kier molecular flexibility index (Phi) is 4.45. The van der Waals surface area contributed by atoms with E-state index in [2.05, 4.69) is 47.0 Å². The topological polar surface area (TPSA) is 18.8 Å². The second-order valence-electron chi connectivity index (χ2n) is 5.56. The van der Waals surface area contributed by atoms with Gasteiger partial charge in [0.05, 0.1) is 0 Å². The van der Waals surface area contributed by atoms with Gasteiger partial charge in [0.1, 0.15) is 17.2 Å². The Balaban J connectivity index is 1.98. The van der Waals surface area contributed by atoms with Gasteiger partial charge in [0.15, 0.2) is 0 Å². The van der Waals surface area contributed by atoms with E-state index in [4.69, 9.17) is 11.6 Å². The summed E-state index contributed by atoms with van der Waals surface area (Å²) in [4.78, 5) is 6.90. The SMILES string of the molecule is CC1N=C(Cl)C(Cc2ccccc2)=C(N2CCCC2)N1S. The standard InChI is InChI=1S/C16H20ClN3S/c1-12-18-15(17)14(11-13-7-3-2-4-8-13)16(20(12)21)19-9-5-6-10-19/h2-4,7-8,12,21H,5-6,9-11H2,1H3. The van der Waals surface area contributed by atoms with Gasteiger partial charge in [-0.3, -0.25) is 4.31 Å². The fraction of sp³-hybridized carbons (Fsp3) is 0.438. The van der Waals surface area contributed by atoms with Gasteiger partial charge in [-0.15, -0.1) is 0 Å². The summed E-state index contributed by atoms with van der Waals surface area (Å²) >= 11 is 11.1. The molecule has 0 aromatic heterocycles. The highest BCUT2D eigenvalue weighted by Gasteiger charge is 2.30. The van der Waals surface area contributed by atoms with Crippen molar-refractivity contribution in [2.75, 3.05) is 13.1 Å². The second kappa shape index (κ2) is 6.32. The summed E-state index contributed by atoms with van der Waals surface area (Å²) in [5.41, 5.74) is 2.33. The molecule has 1 atom stereocenters. The van der Waals surface area contributed by atoms with Crippen LogP contribution in [0.15, 0.2) is 46.7 Å². The Morgan fingerprint density at radius 2 is 1.90 bits per heavy atom. The van der Waals surface area contributed by atoms with Crippen molar-refractivity contribution >= 4 is 29.6 Å². The fourth-order valence-electron chi connectivity index (χ4n) is 2.92.